The number of halogens is 1. The second-order valence-corrected chi connectivity index (χ2v) is 7.21. The summed E-state index contributed by atoms with van der Waals surface area (Å²) in [5.74, 6) is -0.538. The van der Waals surface area contributed by atoms with Crippen molar-refractivity contribution >= 4 is 26.8 Å². The van der Waals surface area contributed by atoms with Crippen molar-refractivity contribution in [1.29, 1.82) is 5.26 Å². The molecule has 2 aromatic carbocycles. The van der Waals surface area contributed by atoms with E-state index in [4.69, 9.17) is 0 Å². The summed E-state index contributed by atoms with van der Waals surface area (Å²) in [6.07, 6.45) is 1.35. The van der Waals surface area contributed by atoms with E-state index >= 15 is 0 Å². The molecule has 0 spiro atoms. The normalized spacial score (nSPS) is 12.3. The molecule has 120 valence electrons. The summed E-state index contributed by atoms with van der Waals surface area (Å²) in [6, 6.07) is 13.6. The molecule has 1 N–H and O–H groups in total. The number of fused-ring (bicyclic) bond motifs is 1. The Labute approximate surface area is 138 Å². The summed E-state index contributed by atoms with van der Waals surface area (Å²) in [7, 11) is -4.01. The molecule has 0 saturated carbocycles. The van der Waals surface area contributed by atoms with Gasteiger partial charge in [-0.1, -0.05) is 18.2 Å². The van der Waals surface area contributed by atoms with E-state index in [-0.39, 0.29) is 9.80 Å². The zero-order chi connectivity index (χ0) is 17.3. The predicted octanol–water partition coefficient (Wildman–Crippen LogP) is 3.95. The lowest BCUT2D eigenvalue weighted by Gasteiger charge is -2.03. The van der Waals surface area contributed by atoms with Crippen LogP contribution in [0.5, 0.6) is 0 Å². The van der Waals surface area contributed by atoms with Crippen molar-refractivity contribution in [3.05, 3.63) is 70.5 Å². The van der Waals surface area contributed by atoms with Crippen LogP contribution in [0.15, 0.2) is 58.3 Å². The van der Waals surface area contributed by atoms with E-state index in [2.05, 4.69) is 4.98 Å². The highest BCUT2D eigenvalue weighted by molar-refractivity contribution is 7.95. The van der Waals surface area contributed by atoms with Crippen LogP contribution in [0, 0.1) is 24.1 Å². The topological polar surface area (TPSA) is 73.7 Å². The van der Waals surface area contributed by atoms with Gasteiger partial charge in [0.2, 0.25) is 9.84 Å². The van der Waals surface area contributed by atoms with Gasteiger partial charge in [-0.25, -0.2) is 12.8 Å². The number of hydrogen-bond acceptors (Lipinski definition) is 3. The molecule has 3 rings (SSSR count). The molecule has 6 heteroatoms. The third-order valence-corrected chi connectivity index (χ3v) is 5.42. The van der Waals surface area contributed by atoms with Crippen molar-refractivity contribution in [2.75, 3.05) is 0 Å². The average molecular weight is 340 g/mol. The number of allylic oxidation sites excluding steroid dienone is 1. The van der Waals surface area contributed by atoms with Gasteiger partial charge in [-0.05, 0) is 43.3 Å². The molecule has 1 heterocycles. The smallest absolute Gasteiger partial charge is 0.216 e. The van der Waals surface area contributed by atoms with Crippen LogP contribution in [0.4, 0.5) is 4.39 Å². The number of nitriles is 1. The van der Waals surface area contributed by atoms with Gasteiger partial charge in [-0.3, -0.25) is 0 Å². The molecule has 0 aliphatic rings. The predicted molar refractivity (Wildman–Crippen MR) is 90.2 cm³/mol. The number of H-pyrrole nitrogens is 1. The Bertz CT molecular complexity index is 1090. The maximum Gasteiger partial charge on any atom is 0.216 e. The average Bonchev–Trinajstić information content (AvgIpc) is 2.88. The SMILES string of the molecule is Cc1[nH]c2ccccc2c1C=C(C#N)S(=O)(=O)c1ccc(F)cc1. The Morgan fingerprint density at radius 3 is 2.50 bits per heavy atom. The first kappa shape index (κ1) is 16.0. The van der Waals surface area contributed by atoms with Crippen LogP contribution in [0.25, 0.3) is 17.0 Å². The number of nitrogens with zero attached hydrogens (tertiary/aromatic N) is 1. The molecule has 0 aliphatic heterocycles. The molecule has 0 radical (unpaired) electrons. The Kier molecular flexibility index (Phi) is 3.96. The number of hydrogen-bond donors (Lipinski definition) is 1. The first-order valence-electron chi connectivity index (χ1n) is 7.13. The van der Waals surface area contributed by atoms with E-state index in [0.717, 1.165) is 40.9 Å². The van der Waals surface area contributed by atoms with Gasteiger partial charge >= 0.3 is 0 Å². The number of para-hydroxylation sites is 1. The largest absolute Gasteiger partial charge is 0.358 e. The van der Waals surface area contributed by atoms with E-state index < -0.39 is 15.7 Å². The molecule has 0 amide bonds. The fourth-order valence-corrected chi connectivity index (χ4v) is 3.67. The number of aromatic nitrogens is 1. The zero-order valence-electron chi connectivity index (χ0n) is 12.7. The highest BCUT2D eigenvalue weighted by Crippen LogP contribution is 2.27. The fraction of sp³-hybridized carbons (Fsp3) is 0.0556. The molecule has 0 fully saturated rings. The monoisotopic (exact) mass is 340 g/mol. The molecule has 0 saturated heterocycles. The third kappa shape index (κ3) is 2.70. The molecule has 24 heavy (non-hydrogen) atoms. The van der Waals surface area contributed by atoms with Gasteiger partial charge in [-0.2, -0.15) is 5.26 Å². The molecule has 0 unspecified atom stereocenters. The van der Waals surface area contributed by atoms with Gasteiger partial charge in [-0.15, -0.1) is 0 Å². The van der Waals surface area contributed by atoms with Crippen LogP contribution in [0.2, 0.25) is 0 Å². The molecule has 1 aromatic heterocycles. The van der Waals surface area contributed by atoms with Gasteiger partial charge in [0.05, 0.1) is 4.90 Å². The van der Waals surface area contributed by atoms with Crippen molar-refractivity contribution in [2.45, 2.75) is 11.8 Å². The van der Waals surface area contributed by atoms with E-state index in [1.807, 2.05) is 31.2 Å². The van der Waals surface area contributed by atoms with Crippen LogP contribution in [-0.2, 0) is 9.84 Å². The summed E-state index contributed by atoms with van der Waals surface area (Å²) in [4.78, 5) is 2.65. The minimum absolute atomic E-state index is 0.116. The van der Waals surface area contributed by atoms with Crippen molar-refractivity contribution in [3.63, 3.8) is 0 Å². The molecule has 0 aliphatic carbocycles. The Balaban J connectivity index is 2.17. The second kappa shape index (κ2) is 5.95. The van der Waals surface area contributed by atoms with E-state index in [1.165, 1.54) is 6.08 Å². The Morgan fingerprint density at radius 2 is 1.83 bits per heavy atom. The quantitative estimate of drug-likeness (QED) is 0.579. The van der Waals surface area contributed by atoms with Crippen LogP contribution >= 0.6 is 0 Å². The lowest BCUT2D eigenvalue weighted by molar-refractivity contribution is 0.601. The van der Waals surface area contributed by atoms with E-state index in [1.54, 1.807) is 6.07 Å². The highest BCUT2D eigenvalue weighted by Gasteiger charge is 2.22. The van der Waals surface area contributed by atoms with Crippen molar-refractivity contribution < 1.29 is 12.8 Å². The minimum atomic E-state index is -4.01. The maximum absolute atomic E-state index is 13.0. The van der Waals surface area contributed by atoms with Crippen LogP contribution in [0.1, 0.15) is 11.3 Å². The number of sulfone groups is 1. The lowest BCUT2D eigenvalue weighted by atomic mass is 10.1. The van der Waals surface area contributed by atoms with Gasteiger partial charge in [0, 0.05) is 22.2 Å². The Hall–Kier alpha value is -2.91. The number of aromatic amines is 1. The second-order valence-electron chi connectivity index (χ2n) is 5.29. The summed E-state index contributed by atoms with van der Waals surface area (Å²) in [5.41, 5.74) is 2.27. The summed E-state index contributed by atoms with van der Waals surface area (Å²) in [6.45, 7) is 1.81. The number of aryl methyl sites for hydroxylation is 1. The minimum Gasteiger partial charge on any atom is -0.358 e. The first-order chi connectivity index (χ1) is 11.4. The summed E-state index contributed by atoms with van der Waals surface area (Å²) < 4.78 is 38.3. The molecule has 3 aromatic rings. The zero-order valence-corrected chi connectivity index (χ0v) is 13.6. The van der Waals surface area contributed by atoms with E-state index in [9.17, 15) is 18.1 Å². The van der Waals surface area contributed by atoms with Crippen LogP contribution in [0.3, 0.4) is 0 Å². The van der Waals surface area contributed by atoms with Crippen molar-refractivity contribution in [3.8, 4) is 6.07 Å². The van der Waals surface area contributed by atoms with Gasteiger partial charge < -0.3 is 4.98 Å². The van der Waals surface area contributed by atoms with Gasteiger partial charge in [0.25, 0.3) is 0 Å². The fourth-order valence-electron chi connectivity index (χ4n) is 2.53. The highest BCUT2D eigenvalue weighted by atomic mass is 32.2. The molecule has 0 bridgehead atoms. The molecular formula is C18H13FN2O2S. The lowest BCUT2D eigenvalue weighted by Crippen LogP contribution is -2.03. The van der Waals surface area contributed by atoms with Gasteiger partial charge in [0.15, 0.2) is 0 Å². The van der Waals surface area contributed by atoms with Crippen molar-refractivity contribution in [2.24, 2.45) is 0 Å². The molecule has 4 nitrogen and oxygen atoms in total. The standard InChI is InChI=1S/C18H13FN2O2S/c1-12-17(16-4-2-3-5-18(16)21-12)10-15(11-20)24(22,23)14-8-6-13(19)7-9-14/h2-10,21H,1H3. The summed E-state index contributed by atoms with van der Waals surface area (Å²) >= 11 is 0. The Morgan fingerprint density at radius 1 is 1.17 bits per heavy atom. The van der Waals surface area contributed by atoms with Crippen LogP contribution < -0.4 is 0 Å². The number of nitrogens with one attached hydrogen (secondary N) is 1. The van der Waals surface area contributed by atoms with E-state index in [0.29, 0.717) is 5.56 Å². The van der Waals surface area contributed by atoms with Gasteiger partial charge in [0.1, 0.15) is 16.8 Å². The first-order valence-corrected chi connectivity index (χ1v) is 8.61. The van der Waals surface area contributed by atoms with Crippen LogP contribution in [-0.4, -0.2) is 13.4 Å². The molecular weight excluding hydrogens is 327 g/mol. The molecule has 0 atom stereocenters. The third-order valence-electron chi connectivity index (χ3n) is 3.74. The number of benzene rings is 2. The maximum atomic E-state index is 13.0. The van der Waals surface area contributed by atoms with Crippen molar-refractivity contribution in [1.82, 2.24) is 4.98 Å². The summed E-state index contributed by atoms with van der Waals surface area (Å²) in [5, 5.41) is 10.2. The number of rotatable bonds is 3.